The summed E-state index contributed by atoms with van der Waals surface area (Å²) in [7, 11) is 1.68. The molecule has 1 heterocycles. The molecule has 5 aromatic rings. The predicted molar refractivity (Wildman–Crippen MR) is 127 cm³/mol. The molecular weight excluding hydrogens is 388 g/mol. The highest BCUT2D eigenvalue weighted by atomic mass is 32.1. The molecule has 1 N–H and O–H groups in total. The van der Waals surface area contributed by atoms with Crippen LogP contribution < -0.4 is 10.1 Å². The minimum absolute atomic E-state index is 0.838. The fourth-order valence-electron chi connectivity index (χ4n) is 3.49. The molecule has 146 valence electrons. The Balaban J connectivity index is 1.55. The van der Waals surface area contributed by atoms with Crippen LogP contribution in [0, 0.1) is 0 Å². The van der Waals surface area contributed by atoms with E-state index < -0.39 is 0 Å². The molecule has 30 heavy (non-hydrogen) atoms. The zero-order chi connectivity index (χ0) is 20.3. The van der Waals surface area contributed by atoms with Gasteiger partial charge in [0.1, 0.15) is 5.75 Å². The topological polar surface area (TPSA) is 34.1 Å². The number of fused-ring (bicyclic) bond motifs is 1. The highest BCUT2D eigenvalue weighted by Gasteiger charge is 2.15. The molecule has 1 aromatic heterocycles. The maximum atomic E-state index is 5.31. The first kappa shape index (κ1) is 18.4. The third kappa shape index (κ3) is 3.65. The van der Waals surface area contributed by atoms with Crippen molar-refractivity contribution in [3.8, 4) is 27.4 Å². The summed E-state index contributed by atoms with van der Waals surface area (Å²) >= 11 is 1.66. The van der Waals surface area contributed by atoms with E-state index >= 15 is 0 Å². The smallest absolute Gasteiger partial charge is 0.188 e. The molecule has 0 aliphatic carbocycles. The first-order chi connectivity index (χ1) is 14.8. The minimum Gasteiger partial charge on any atom is -0.497 e. The highest BCUT2D eigenvalue weighted by molar-refractivity contribution is 7.19. The number of ether oxygens (including phenoxy) is 1. The molecule has 0 unspecified atom stereocenters. The molecule has 3 nitrogen and oxygen atoms in total. The molecule has 0 amide bonds. The number of nitrogens with one attached hydrogen (secondary N) is 1. The quantitative estimate of drug-likeness (QED) is 0.329. The molecule has 0 radical (unpaired) electrons. The van der Waals surface area contributed by atoms with E-state index in [1.165, 1.54) is 10.8 Å². The van der Waals surface area contributed by atoms with Crippen LogP contribution in [0.3, 0.4) is 0 Å². The third-order valence-corrected chi connectivity index (χ3v) is 6.05. The largest absolute Gasteiger partial charge is 0.497 e. The zero-order valence-corrected chi connectivity index (χ0v) is 17.3. The molecule has 0 aliphatic rings. The standard InChI is InChI=1S/C26H20N2OS/c1-29-23-15-12-19(13-16-23)24-25(20-8-3-2-4-9-20)30-26(28-24)27-22-14-11-18-7-5-6-10-21(18)17-22/h2-17H,1H3,(H,27,28). The van der Waals surface area contributed by atoms with E-state index in [1.807, 2.05) is 18.2 Å². The number of anilines is 2. The summed E-state index contributed by atoms with van der Waals surface area (Å²) in [4.78, 5) is 6.10. The molecule has 4 heteroatoms. The Morgan fingerprint density at radius 2 is 1.47 bits per heavy atom. The van der Waals surface area contributed by atoms with Gasteiger partial charge in [-0.2, -0.15) is 0 Å². The fraction of sp³-hybridized carbons (Fsp3) is 0.0385. The lowest BCUT2D eigenvalue weighted by molar-refractivity contribution is 0.415. The average molecular weight is 409 g/mol. The molecule has 0 aliphatic heterocycles. The number of thiazole rings is 1. The summed E-state index contributed by atoms with van der Waals surface area (Å²) in [5, 5.41) is 6.81. The first-order valence-electron chi connectivity index (χ1n) is 9.77. The van der Waals surface area contributed by atoms with Gasteiger partial charge in [-0.25, -0.2) is 4.98 Å². The van der Waals surface area contributed by atoms with Gasteiger partial charge >= 0.3 is 0 Å². The van der Waals surface area contributed by atoms with E-state index in [0.29, 0.717) is 0 Å². The molecule has 0 spiro atoms. The Kier molecular flexibility index (Phi) is 4.91. The van der Waals surface area contributed by atoms with Gasteiger partial charge in [-0.15, -0.1) is 0 Å². The SMILES string of the molecule is COc1ccc(-c2nc(Nc3ccc4ccccc4c3)sc2-c2ccccc2)cc1. The maximum Gasteiger partial charge on any atom is 0.188 e. The van der Waals surface area contributed by atoms with Crippen LogP contribution in [0.15, 0.2) is 97.1 Å². The van der Waals surface area contributed by atoms with Crippen molar-refractivity contribution in [3.05, 3.63) is 97.1 Å². The van der Waals surface area contributed by atoms with Crippen LogP contribution in [0.4, 0.5) is 10.8 Å². The second-order valence-electron chi connectivity index (χ2n) is 6.98. The van der Waals surface area contributed by atoms with Crippen LogP contribution in [-0.4, -0.2) is 12.1 Å². The van der Waals surface area contributed by atoms with Gasteiger partial charge in [-0.1, -0.05) is 72.0 Å². The third-order valence-electron chi connectivity index (χ3n) is 5.03. The predicted octanol–water partition coefficient (Wildman–Crippen LogP) is 7.38. The Hall–Kier alpha value is -3.63. The second-order valence-corrected chi connectivity index (χ2v) is 7.98. The second kappa shape index (κ2) is 8.01. The Morgan fingerprint density at radius 3 is 2.23 bits per heavy atom. The van der Waals surface area contributed by atoms with Crippen molar-refractivity contribution in [2.24, 2.45) is 0 Å². The van der Waals surface area contributed by atoms with Crippen LogP contribution in [0.2, 0.25) is 0 Å². The van der Waals surface area contributed by atoms with Gasteiger partial charge in [0.2, 0.25) is 0 Å². The fourth-order valence-corrected chi connectivity index (χ4v) is 4.51. The summed E-state index contributed by atoms with van der Waals surface area (Å²) in [6.45, 7) is 0. The molecule has 0 atom stereocenters. The van der Waals surface area contributed by atoms with Crippen molar-refractivity contribution < 1.29 is 4.74 Å². The summed E-state index contributed by atoms with van der Waals surface area (Å²) in [6, 6.07) is 33.2. The lowest BCUT2D eigenvalue weighted by Gasteiger charge is -2.05. The van der Waals surface area contributed by atoms with Gasteiger partial charge < -0.3 is 10.1 Å². The van der Waals surface area contributed by atoms with Gasteiger partial charge in [0.15, 0.2) is 5.13 Å². The van der Waals surface area contributed by atoms with Gasteiger partial charge in [0.25, 0.3) is 0 Å². The van der Waals surface area contributed by atoms with E-state index in [4.69, 9.17) is 9.72 Å². The highest BCUT2D eigenvalue weighted by Crippen LogP contribution is 2.40. The number of hydrogen-bond acceptors (Lipinski definition) is 4. The monoisotopic (exact) mass is 408 g/mol. The van der Waals surface area contributed by atoms with Gasteiger partial charge in [0, 0.05) is 11.3 Å². The van der Waals surface area contributed by atoms with E-state index in [9.17, 15) is 0 Å². The lowest BCUT2D eigenvalue weighted by atomic mass is 10.1. The first-order valence-corrected chi connectivity index (χ1v) is 10.6. The molecule has 0 fully saturated rings. The van der Waals surface area contributed by atoms with Gasteiger partial charge in [0.05, 0.1) is 17.7 Å². The molecule has 0 bridgehead atoms. The van der Waals surface area contributed by atoms with Crippen molar-refractivity contribution in [3.63, 3.8) is 0 Å². The van der Waals surface area contributed by atoms with E-state index in [2.05, 4.69) is 84.2 Å². The maximum absolute atomic E-state index is 5.31. The number of benzene rings is 4. The normalized spacial score (nSPS) is 10.8. The number of hydrogen-bond donors (Lipinski definition) is 1. The van der Waals surface area contributed by atoms with E-state index in [-0.39, 0.29) is 0 Å². The van der Waals surface area contributed by atoms with Crippen molar-refractivity contribution in [2.45, 2.75) is 0 Å². The van der Waals surface area contributed by atoms with Crippen molar-refractivity contribution in [2.75, 3.05) is 12.4 Å². The van der Waals surface area contributed by atoms with E-state index in [0.717, 1.165) is 38.3 Å². The summed E-state index contributed by atoms with van der Waals surface area (Å²) in [5.41, 5.74) is 4.23. The van der Waals surface area contributed by atoms with E-state index in [1.54, 1.807) is 18.4 Å². The van der Waals surface area contributed by atoms with Crippen LogP contribution >= 0.6 is 11.3 Å². The molecule has 5 rings (SSSR count). The molecule has 4 aromatic carbocycles. The number of methoxy groups -OCH3 is 1. The molecular formula is C26H20N2OS. The average Bonchev–Trinajstić information content (AvgIpc) is 3.23. The van der Waals surface area contributed by atoms with Crippen LogP contribution in [0.25, 0.3) is 32.5 Å². The minimum atomic E-state index is 0.838. The Labute approximate surface area is 179 Å². The number of aromatic nitrogens is 1. The number of rotatable bonds is 5. The van der Waals surface area contributed by atoms with Crippen LogP contribution in [0.5, 0.6) is 5.75 Å². The summed E-state index contributed by atoms with van der Waals surface area (Å²) < 4.78 is 5.31. The Morgan fingerprint density at radius 1 is 0.733 bits per heavy atom. The molecule has 0 saturated carbocycles. The van der Waals surface area contributed by atoms with Crippen LogP contribution in [-0.2, 0) is 0 Å². The summed E-state index contributed by atoms with van der Waals surface area (Å²) in [6.07, 6.45) is 0. The van der Waals surface area contributed by atoms with Crippen molar-refractivity contribution in [1.29, 1.82) is 0 Å². The number of nitrogens with zero attached hydrogens (tertiary/aromatic N) is 1. The van der Waals surface area contributed by atoms with Gasteiger partial charge in [-0.05, 0) is 52.7 Å². The Bertz CT molecular complexity index is 1290. The van der Waals surface area contributed by atoms with Crippen molar-refractivity contribution >= 4 is 32.9 Å². The van der Waals surface area contributed by atoms with Crippen molar-refractivity contribution in [1.82, 2.24) is 4.98 Å². The van der Waals surface area contributed by atoms with Gasteiger partial charge in [-0.3, -0.25) is 0 Å². The summed E-state index contributed by atoms with van der Waals surface area (Å²) in [5.74, 6) is 0.838. The van der Waals surface area contributed by atoms with Crippen LogP contribution in [0.1, 0.15) is 0 Å². The molecule has 0 saturated heterocycles. The lowest BCUT2D eigenvalue weighted by Crippen LogP contribution is -1.90. The zero-order valence-electron chi connectivity index (χ0n) is 16.5.